The van der Waals surface area contributed by atoms with E-state index in [1.807, 2.05) is 12.1 Å². The molecular weight excluding hydrogens is 451 g/mol. The highest BCUT2D eigenvalue weighted by Crippen LogP contribution is 2.40. The number of hydrogen-bond donors (Lipinski definition) is 0. The fourth-order valence-electron chi connectivity index (χ4n) is 3.54. The van der Waals surface area contributed by atoms with Gasteiger partial charge in [-0.05, 0) is 41.5 Å². The van der Waals surface area contributed by atoms with Gasteiger partial charge in [0.2, 0.25) is 5.78 Å². The van der Waals surface area contributed by atoms with E-state index in [2.05, 4.69) is 20.9 Å². The molecule has 1 N–H and O–H groups in total. The summed E-state index contributed by atoms with van der Waals surface area (Å²) < 4.78 is 14.1. The van der Waals surface area contributed by atoms with E-state index in [1.165, 1.54) is 17.0 Å². The number of benzene rings is 2. The predicted molar refractivity (Wildman–Crippen MR) is 109 cm³/mol. The van der Waals surface area contributed by atoms with Gasteiger partial charge in [-0.15, -0.1) is 0 Å². The Kier molecular flexibility index (Phi) is 5.46. The summed E-state index contributed by atoms with van der Waals surface area (Å²) in [4.78, 5) is 30.2. The van der Waals surface area contributed by atoms with Gasteiger partial charge in [0.25, 0.3) is 5.91 Å². The maximum Gasteiger partial charge on any atom is 0.295 e. The maximum atomic E-state index is 13.3. The molecule has 0 spiro atoms. The van der Waals surface area contributed by atoms with Gasteiger partial charge in [-0.3, -0.25) is 9.59 Å². The average Bonchev–Trinajstić information content (AvgIpc) is 2.99. The second-order valence-electron chi connectivity index (χ2n) is 6.88. The lowest BCUT2D eigenvalue weighted by atomic mass is 9.95. The van der Waals surface area contributed by atoms with Crippen LogP contribution in [0.15, 0.2) is 83.1 Å². The van der Waals surface area contributed by atoms with Crippen LogP contribution < -0.4 is 10.1 Å². The largest absolute Gasteiger partial charge is 0.872 e. The molecule has 3 aromatic rings. The van der Waals surface area contributed by atoms with Gasteiger partial charge in [-0.1, -0.05) is 46.0 Å². The number of hydrogen-bond acceptors (Lipinski definition) is 3. The molecule has 5 nitrogen and oxygen atoms in total. The van der Waals surface area contributed by atoms with Crippen molar-refractivity contribution in [1.29, 1.82) is 0 Å². The summed E-state index contributed by atoms with van der Waals surface area (Å²) in [5.41, 5.74) is 1.44. The molecule has 1 aliphatic rings. The van der Waals surface area contributed by atoms with Crippen molar-refractivity contribution in [2.45, 2.75) is 12.6 Å². The first kappa shape index (κ1) is 20.0. The van der Waals surface area contributed by atoms with Crippen molar-refractivity contribution in [2.24, 2.45) is 0 Å². The molecule has 0 saturated carbocycles. The Morgan fingerprint density at radius 1 is 1.10 bits per heavy atom. The van der Waals surface area contributed by atoms with Crippen LogP contribution in [0.4, 0.5) is 4.39 Å². The lowest BCUT2D eigenvalue weighted by molar-refractivity contribution is -0.378. The molecule has 1 atom stereocenters. The molecule has 1 unspecified atom stereocenters. The van der Waals surface area contributed by atoms with Crippen molar-refractivity contribution in [3.05, 3.63) is 106 Å². The molecule has 1 fully saturated rings. The number of rotatable bonds is 4. The molecule has 30 heavy (non-hydrogen) atoms. The lowest BCUT2D eigenvalue weighted by Gasteiger charge is -2.27. The lowest BCUT2D eigenvalue weighted by Crippen LogP contribution is -2.29. The van der Waals surface area contributed by atoms with Crippen LogP contribution in [0.25, 0.3) is 5.76 Å². The van der Waals surface area contributed by atoms with Gasteiger partial charge < -0.3 is 10.0 Å². The van der Waals surface area contributed by atoms with E-state index >= 15 is 0 Å². The zero-order chi connectivity index (χ0) is 21.3. The second-order valence-corrected chi connectivity index (χ2v) is 7.80. The third kappa shape index (κ3) is 3.76. The fourth-order valence-corrected chi connectivity index (χ4v) is 3.96. The minimum Gasteiger partial charge on any atom is -0.872 e. The fraction of sp³-hybridized carbons (Fsp3) is 0.0870. The summed E-state index contributed by atoms with van der Waals surface area (Å²) in [7, 11) is 0. The van der Waals surface area contributed by atoms with Crippen molar-refractivity contribution in [2.75, 3.05) is 0 Å². The summed E-state index contributed by atoms with van der Waals surface area (Å²) in [5, 5.41) is 13.2. The Labute approximate surface area is 180 Å². The first-order chi connectivity index (χ1) is 14.5. The summed E-state index contributed by atoms with van der Waals surface area (Å²) in [6.45, 7) is 0.152. The molecule has 2 aromatic carbocycles. The highest BCUT2D eigenvalue weighted by molar-refractivity contribution is 9.10. The quantitative estimate of drug-likeness (QED) is 0.337. The van der Waals surface area contributed by atoms with Crippen molar-refractivity contribution in [3.8, 4) is 0 Å². The predicted octanol–water partition coefficient (Wildman–Crippen LogP) is 2.83. The number of carbonyl (C=O) groups is 2. The molecular formula is C23H16BrFN2O3. The van der Waals surface area contributed by atoms with Crippen molar-refractivity contribution >= 4 is 33.4 Å². The van der Waals surface area contributed by atoms with Crippen LogP contribution in [0.5, 0.6) is 0 Å². The van der Waals surface area contributed by atoms with E-state index in [4.69, 9.17) is 0 Å². The zero-order valence-corrected chi connectivity index (χ0v) is 17.2. The van der Waals surface area contributed by atoms with Crippen molar-refractivity contribution in [3.63, 3.8) is 0 Å². The number of aromatic nitrogens is 1. The number of carbonyl (C=O) groups excluding carboxylic acids is 2. The zero-order valence-electron chi connectivity index (χ0n) is 15.6. The van der Waals surface area contributed by atoms with E-state index in [0.29, 0.717) is 5.56 Å². The molecule has 0 aliphatic carbocycles. The number of ketones is 1. The van der Waals surface area contributed by atoms with Crippen LogP contribution in [0.1, 0.15) is 22.7 Å². The summed E-state index contributed by atoms with van der Waals surface area (Å²) >= 11 is 3.41. The number of aromatic amines is 1. The number of Topliss-reactive ketones (excluding diaryl/α,β-unsaturated/α-hetero) is 1. The highest BCUT2D eigenvalue weighted by Gasteiger charge is 2.44. The molecule has 0 radical (unpaired) electrons. The minimum atomic E-state index is -0.847. The Balaban J connectivity index is 1.87. The number of nitrogens with zero attached hydrogens (tertiary/aromatic N) is 1. The first-order valence-electron chi connectivity index (χ1n) is 9.18. The molecule has 2 heterocycles. The van der Waals surface area contributed by atoms with Gasteiger partial charge in [0, 0.05) is 21.7 Å². The average molecular weight is 467 g/mol. The number of nitrogens with one attached hydrogen (secondary N) is 1. The van der Waals surface area contributed by atoms with Gasteiger partial charge in [0.15, 0.2) is 12.4 Å². The van der Waals surface area contributed by atoms with E-state index in [9.17, 15) is 19.1 Å². The third-order valence-corrected chi connectivity index (χ3v) is 5.42. The van der Waals surface area contributed by atoms with Crippen LogP contribution in [-0.4, -0.2) is 16.6 Å². The Morgan fingerprint density at radius 3 is 2.53 bits per heavy atom. The van der Waals surface area contributed by atoms with Crippen LogP contribution in [0, 0.1) is 5.82 Å². The molecule has 7 heteroatoms. The number of amides is 1. The maximum absolute atomic E-state index is 13.3. The highest BCUT2D eigenvalue weighted by atomic mass is 79.9. The summed E-state index contributed by atoms with van der Waals surface area (Å²) in [6, 6.07) is 14.8. The van der Waals surface area contributed by atoms with Gasteiger partial charge in [-0.2, -0.15) is 0 Å². The molecule has 1 aromatic heterocycles. The first-order valence-corrected chi connectivity index (χ1v) is 9.98. The molecule has 1 aliphatic heterocycles. The van der Waals surface area contributed by atoms with Crippen LogP contribution in [-0.2, 0) is 16.1 Å². The SMILES string of the molecule is O=C1C(=O)N(Cc2ccc[nH+]c2)C(c2cccc(Br)c2)/C1=C(\[O-])c1ccc(F)cc1. The second kappa shape index (κ2) is 8.20. The van der Waals surface area contributed by atoms with Gasteiger partial charge in [0.05, 0.1) is 12.6 Å². The van der Waals surface area contributed by atoms with Gasteiger partial charge in [-0.25, -0.2) is 9.37 Å². The number of halogens is 2. The Hall–Kier alpha value is -3.32. The molecule has 4 rings (SSSR count). The Bertz CT molecular complexity index is 1150. The topological polar surface area (TPSA) is 74.6 Å². The number of pyridine rings is 1. The van der Waals surface area contributed by atoms with Crippen LogP contribution >= 0.6 is 15.9 Å². The number of H-pyrrole nitrogens is 1. The van der Waals surface area contributed by atoms with Crippen LogP contribution in [0.3, 0.4) is 0 Å². The Morgan fingerprint density at radius 2 is 1.87 bits per heavy atom. The smallest absolute Gasteiger partial charge is 0.295 e. The van der Waals surface area contributed by atoms with Crippen molar-refractivity contribution < 1.29 is 24.1 Å². The normalized spacial score (nSPS) is 18.1. The molecule has 0 bridgehead atoms. The van der Waals surface area contributed by atoms with Gasteiger partial charge in [0.1, 0.15) is 5.82 Å². The monoisotopic (exact) mass is 466 g/mol. The summed E-state index contributed by atoms with van der Waals surface area (Å²) in [6.07, 6.45) is 3.47. The molecule has 150 valence electrons. The summed E-state index contributed by atoms with van der Waals surface area (Å²) in [5.74, 6) is -2.65. The molecule has 1 amide bonds. The third-order valence-electron chi connectivity index (χ3n) is 4.92. The van der Waals surface area contributed by atoms with E-state index in [1.54, 1.807) is 36.7 Å². The minimum absolute atomic E-state index is 0.135. The van der Waals surface area contributed by atoms with E-state index in [-0.39, 0.29) is 17.7 Å². The standard InChI is InChI=1S/C23H16BrFN2O3/c24-17-5-1-4-16(11-17)20-19(21(28)15-6-8-18(25)9-7-15)22(29)23(30)27(20)13-14-3-2-10-26-12-14/h1-12,20,28H,13H2/b21-19+. The van der Waals surface area contributed by atoms with Crippen molar-refractivity contribution in [1.82, 2.24) is 4.90 Å². The number of likely N-dealkylation sites (tertiary alicyclic amines) is 1. The van der Waals surface area contributed by atoms with E-state index < -0.39 is 29.3 Å². The van der Waals surface area contributed by atoms with Crippen LogP contribution in [0.2, 0.25) is 0 Å². The molecule has 1 saturated heterocycles. The van der Waals surface area contributed by atoms with Gasteiger partial charge >= 0.3 is 0 Å². The van der Waals surface area contributed by atoms with E-state index in [0.717, 1.165) is 22.2 Å².